The minimum atomic E-state index is -3.61. The fourth-order valence-corrected chi connectivity index (χ4v) is 4.23. The van der Waals surface area contributed by atoms with Gasteiger partial charge >= 0.3 is 5.97 Å². The SMILES string of the molecule is CC(=O)NCCOC(=O)c1cccc(S(=O)(=O)N2CCCCCC2)c1. The van der Waals surface area contributed by atoms with Crippen LogP contribution in [-0.4, -0.2) is 50.8 Å². The summed E-state index contributed by atoms with van der Waals surface area (Å²) in [5.74, 6) is -0.820. The molecule has 1 N–H and O–H groups in total. The normalized spacial score (nSPS) is 16.0. The number of amides is 1. The standard InChI is InChI=1S/C17H24N2O5S/c1-14(20)18-9-12-24-17(21)15-7-6-8-16(13-15)25(22,23)19-10-4-2-3-5-11-19/h6-8,13H,2-5,9-12H2,1H3,(H,18,20). The van der Waals surface area contributed by atoms with Gasteiger partial charge in [0, 0.05) is 20.0 Å². The van der Waals surface area contributed by atoms with Gasteiger partial charge in [0.15, 0.2) is 0 Å². The molecule has 7 nitrogen and oxygen atoms in total. The van der Waals surface area contributed by atoms with Gasteiger partial charge in [-0.15, -0.1) is 0 Å². The topological polar surface area (TPSA) is 92.8 Å². The third kappa shape index (κ3) is 5.54. The lowest BCUT2D eigenvalue weighted by Gasteiger charge is -2.20. The third-order valence-electron chi connectivity index (χ3n) is 3.98. The molecular formula is C17H24N2O5S. The van der Waals surface area contributed by atoms with Crippen molar-refractivity contribution in [3.63, 3.8) is 0 Å². The zero-order valence-electron chi connectivity index (χ0n) is 14.4. The van der Waals surface area contributed by atoms with Gasteiger partial charge in [-0.25, -0.2) is 13.2 Å². The molecule has 0 saturated carbocycles. The first-order chi connectivity index (χ1) is 11.9. The summed E-state index contributed by atoms with van der Waals surface area (Å²) >= 11 is 0. The predicted molar refractivity (Wildman–Crippen MR) is 92.6 cm³/mol. The van der Waals surface area contributed by atoms with E-state index in [0.29, 0.717) is 13.1 Å². The van der Waals surface area contributed by atoms with Gasteiger partial charge in [-0.05, 0) is 31.0 Å². The fraction of sp³-hybridized carbons (Fsp3) is 0.529. The van der Waals surface area contributed by atoms with Gasteiger partial charge < -0.3 is 10.1 Å². The van der Waals surface area contributed by atoms with E-state index in [1.54, 1.807) is 0 Å². The minimum absolute atomic E-state index is 0.0293. The highest BCUT2D eigenvalue weighted by Crippen LogP contribution is 2.21. The van der Waals surface area contributed by atoms with Crippen molar-refractivity contribution in [1.29, 1.82) is 0 Å². The second kappa shape index (κ2) is 8.96. The van der Waals surface area contributed by atoms with Crippen LogP contribution in [0.4, 0.5) is 0 Å². The average molecular weight is 368 g/mol. The molecule has 0 bridgehead atoms. The monoisotopic (exact) mass is 368 g/mol. The molecule has 0 radical (unpaired) electrons. The lowest BCUT2D eigenvalue weighted by Crippen LogP contribution is -2.32. The Morgan fingerprint density at radius 1 is 1.16 bits per heavy atom. The number of carbonyl (C=O) groups excluding carboxylic acids is 2. The predicted octanol–water partition coefficient (Wildman–Crippen LogP) is 1.54. The van der Waals surface area contributed by atoms with Crippen molar-refractivity contribution in [2.75, 3.05) is 26.2 Å². The second-order valence-electron chi connectivity index (χ2n) is 5.97. The summed E-state index contributed by atoms with van der Waals surface area (Å²) in [5.41, 5.74) is 0.179. The Labute approximate surface area is 148 Å². The van der Waals surface area contributed by atoms with Gasteiger partial charge in [-0.2, -0.15) is 4.31 Å². The quantitative estimate of drug-likeness (QED) is 0.607. The van der Waals surface area contributed by atoms with Crippen molar-refractivity contribution in [3.8, 4) is 0 Å². The summed E-state index contributed by atoms with van der Waals surface area (Å²) in [6.07, 6.45) is 3.77. The van der Waals surface area contributed by atoms with Crippen LogP contribution in [0.2, 0.25) is 0 Å². The van der Waals surface area contributed by atoms with Crippen molar-refractivity contribution < 1.29 is 22.7 Å². The van der Waals surface area contributed by atoms with Gasteiger partial charge in [0.05, 0.1) is 17.0 Å². The smallest absolute Gasteiger partial charge is 0.338 e. The number of nitrogens with one attached hydrogen (secondary N) is 1. The van der Waals surface area contributed by atoms with E-state index in [1.807, 2.05) is 0 Å². The Kier molecular flexibility index (Phi) is 6.95. The van der Waals surface area contributed by atoms with Crippen molar-refractivity contribution in [2.45, 2.75) is 37.5 Å². The number of esters is 1. The Hall–Kier alpha value is -1.93. The van der Waals surface area contributed by atoms with Crippen LogP contribution in [0.25, 0.3) is 0 Å². The molecule has 0 unspecified atom stereocenters. The Balaban J connectivity index is 2.06. The van der Waals surface area contributed by atoms with E-state index in [4.69, 9.17) is 4.74 Å². The summed E-state index contributed by atoms with van der Waals surface area (Å²) < 4.78 is 32.1. The number of benzene rings is 1. The molecule has 0 aliphatic carbocycles. The van der Waals surface area contributed by atoms with Crippen molar-refractivity contribution in [1.82, 2.24) is 9.62 Å². The molecule has 1 saturated heterocycles. The molecule has 0 atom stereocenters. The average Bonchev–Trinajstić information content (AvgIpc) is 2.88. The Morgan fingerprint density at radius 2 is 1.84 bits per heavy atom. The van der Waals surface area contributed by atoms with Gasteiger partial charge in [0.1, 0.15) is 6.61 Å². The molecule has 138 valence electrons. The highest BCUT2D eigenvalue weighted by atomic mass is 32.2. The van der Waals surface area contributed by atoms with Crippen LogP contribution in [0.3, 0.4) is 0 Å². The van der Waals surface area contributed by atoms with E-state index >= 15 is 0 Å². The number of sulfonamides is 1. The molecule has 25 heavy (non-hydrogen) atoms. The lowest BCUT2D eigenvalue weighted by molar-refractivity contribution is -0.119. The molecule has 1 heterocycles. The summed E-state index contributed by atoms with van der Waals surface area (Å²) in [7, 11) is -3.61. The number of nitrogens with zero attached hydrogens (tertiary/aromatic N) is 1. The molecule has 0 spiro atoms. The van der Waals surface area contributed by atoms with Gasteiger partial charge in [-0.1, -0.05) is 18.9 Å². The van der Waals surface area contributed by atoms with Crippen LogP contribution in [0.5, 0.6) is 0 Å². The molecule has 1 fully saturated rings. The van der Waals surface area contributed by atoms with Crippen LogP contribution in [0.15, 0.2) is 29.2 Å². The number of hydrogen-bond acceptors (Lipinski definition) is 5. The molecule has 1 aromatic carbocycles. The molecule has 1 aromatic rings. The van der Waals surface area contributed by atoms with E-state index in [1.165, 1.54) is 35.5 Å². The first-order valence-electron chi connectivity index (χ1n) is 8.43. The van der Waals surface area contributed by atoms with E-state index in [2.05, 4.69) is 5.32 Å². The van der Waals surface area contributed by atoms with Crippen LogP contribution in [-0.2, 0) is 19.6 Å². The van der Waals surface area contributed by atoms with Gasteiger partial charge in [0.2, 0.25) is 15.9 Å². The summed E-state index contributed by atoms with van der Waals surface area (Å²) in [5, 5.41) is 2.52. The zero-order chi connectivity index (χ0) is 18.3. The minimum Gasteiger partial charge on any atom is -0.460 e. The maximum absolute atomic E-state index is 12.8. The first kappa shape index (κ1) is 19.4. The summed E-state index contributed by atoms with van der Waals surface area (Å²) in [6, 6.07) is 5.90. The second-order valence-corrected chi connectivity index (χ2v) is 7.90. The van der Waals surface area contributed by atoms with Crippen LogP contribution in [0.1, 0.15) is 43.0 Å². The van der Waals surface area contributed by atoms with Crippen molar-refractivity contribution in [2.24, 2.45) is 0 Å². The number of hydrogen-bond donors (Lipinski definition) is 1. The number of carbonyl (C=O) groups is 2. The highest BCUT2D eigenvalue weighted by Gasteiger charge is 2.25. The van der Waals surface area contributed by atoms with E-state index in [9.17, 15) is 18.0 Å². The largest absolute Gasteiger partial charge is 0.460 e. The van der Waals surface area contributed by atoms with Crippen molar-refractivity contribution >= 4 is 21.9 Å². The van der Waals surface area contributed by atoms with Crippen LogP contribution >= 0.6 is 0 Å². The van der Waals surface area contributed by atoms with Crippen LogP contribution in [0, 0.1) is 0 Å². The van der Waals surface area contributed by atoms with Crippen LogP contribution < -0.4 is 5.32 Å². The van der Waals surface area contributed by atoms with Gasteiger partial charge in [0.25, 0.3) is 0 Å². The van der Waals surface area contributed by atoms with Gasteiger partial charge in [-0.3, -0.25) is 4.79 Å². The Morgan fingerprint density at radius 3 is 2.48 bits per heavy atom. The maximum atomic E-state index is 12.8. The molecule has 1 aliphatic rings. The molecule has 1 amide bonds. The van der Waals surface area contributed by atoms with E-state index in [-0.39, 0.29) is 29.5 Å². The van der Waals surface area contributed by atoms with E-state index in [0.717, 1.165) is 25.7 Å². The Bertz CT molecular complexity index is 710. The van der Waals surface area contributed by atoms with Crippen molar-refractivity contribution in [3.05, 3.63) is 29.8 Å². The van der Waals surface area contributed by atoms with E-state index < -0.39 is 16.0 Å². The third-order valence-corrected chi connectivity index (χ3v) is 5.88. The molecular weight excluding hydrogens is 344 g/mol. The number of ether oxygens (including phenoxy) is 1. The maximum Gasteiger partial charge on any atom is 0.338 e. The molecule has 0 aromatic heterocycles. The fourth-order valence-electron chi connectivity index (χ4n) is 2.67. The number of rotatable bonds is 6. The summed E-state index contributed by atoms with van der Waals surface area (Å²) in [6.45, 7) is 2.63. The lowest BCUT2D eigenvalue weighted by atomic mass is 10.2. The molecule has 2 rings (SSSR count). The first-order valence-corrected chi connectivity index (χ1v) is 9.87. The molecule has 8 heteroatoms. The summed E-state index contributed by atoms with van der Waals surface area (Å²) in [4.78, 5) is 22.9. The zero-order valence-corrected chi connectivity index (χ0v) is 15.2. The highest BCUT2D eigenvalue weighted by molar-refractivity contribution is 7.89. The molecule has 1 aliphatic heterocycles.